The molecule has 19 heavy (non-hydrogen) atoms. The Labute approximate surface area is 117 Å². The lowest BCUT2D eigenvalue weighted by Gasteiger charge is -2.08. The summed E-state index contributed by atoms with van der Waals surface area (Å²) in [6, 6.07) is 7.84. The van der Waals surface area contributed by atoms with E-state index in [0.29, 0.717) is 11.8 Å². The van der Waals surface area contributed by atoms with Crippen molar-refractivity contribution in [3.63, 3.8) is 0 Å². The maximum atomic E-state index is 6.20. The van der Waals surface area contributed by atoms with Crippen molar-refractivity contribution in [1.29, 1.82) is 0 Å². The number of hydrogen-bond donors (Lipinski definition) is 0. The molecule has 0 unspecified atom stereocenters. The van der Waals surface area contributed by atoms with E-state index >= 15 is 0 Å². The average Bonchev–Trinajstić information content (AvgIpc) is 3.23. The number of ether oxygens (including phenoxy) is 2. The molecule has 0 radical (unpaired) electrons. The Morgan fingerprint density at radius 1 is 1.32 bits per heavy atom. The summed E-state index contributed by atoms with van der Waals surface area (Å²) in [5, 5.41) is 1.56. The number of nitrogens with zero attached hydrogens (tertiary/aromatic N) is 1. The van der Waals surface area contributed by atoms with E-state index in [2.05, 4.69) is 4.98 Å². The second-order valence-corrected chi connectivity index (χ2v) is 5.31. The first-order valence-electron chi connectivity index (χ1n) is 6.47. The predicted molar refractivity (Wildman–Crippen MR) is 75.7 cm³/mol. The average molecular weight is 278 g/mol. The van der Waals surface area contributed by atoms with Gasteiger partial charge in [-0.25, -0.2) is 4.98 Å². The van der Waals surface area contributed by atoms with E-state index in [1.54, 1.807) is 7.11 Å². The van der Waals surface area contributed by atoms with Crippen LogP contribution >= 0.6 is 11.6 Å². The highest BCUT2D eigenvalue weighted by Gasteiger charge is 2.21. The molecule has 4 heteroatoms. The van der Waals surface area contributed by atoms with Crippen LogP contribution < -0.4 is 4.74 Å². The number of fused-ring (bicyclic) bond motifs is 1. The first-order chi connectivity index (χ1) is 9.26. The Kier molecular flexibility index (Phi) is 3.58. The molecule has 0 saturated heterocycles. The highest BCUT2D eigenvalue weighted by Crippen LogP contribution is 2.30. The topological polar surface area (TPSA) is 31.4 Å². The minimum atomic E-state index is 0.511. The van der Waals surface area contributed by atoms with E-state index in [1.165, 1.54) is 12.8 Å². The van der Waals surface area contributed by atoms with Gasteiger partial charge in [0.15, 0.2) is 0 Å². The van der Waals surface area contributed by atoms with Crippen molar-refractivity contribution in [2.75, 3.05) is 13.7 Å². The third kappa shape index (κ3) is 2.99. The summed E-state index contributed by atoms with van der Waals surface area (Å²) in [6.45, 7) is 1.36. The number of hydrogen-bond acceptors (Lipinski definition) is 3. The van der Waals surface area contributed by atoms with Crippen LogP contribution in [0.3, 0.4) is 0 Å². The molecule has 1 fully saturated rings. The van der Waals surface area contributed by atoms with Gasteiger partial charge in [-0.1, -0.05) is 11.6 Å². The smallest absolute Gasteiger partial charge is 0.135 e. The van der Waals surface area contributed by atoms with Crippen LogP contribution in [0.1, 0.15) is 18.4 Å². The summed E-state index contributed by atoms with van der Waals surface area (Å²) in [4.78, 5) is 4.40. The van der Waals surface area contributed by atoms with Crippen molar-refractivity contribution in [2.45, 2.75) is 19.4 Å². The summed E-state index contributed by atoms with van der Waals surface area (Å²) in [7, 11) is 1.64. The molecule has 3 nitrogen and oxygen atoms in total. The molecule has 1 aromatic carbocycles. The van der Waals surface area contributed by atoms with E-state index in [4.69, 9.17) is 21.1 Å². The van der Waals surface area contributed by atoms with Gasteiger partial charge in [-0.3, -0.25) is 0 Å². The SMILES string of the molecule is COc1ccc2cc(COCC3CC3)c(Cl)nc2c1. The van der Waals surface area contributed by atoms with Crippen LogP contribution in [-0.4, -0.2) is 18.7 Å². The van der Waals surface area contributed by atoms with Crippen molar-refractivity contribution >= 4 is 22.5 Å². The van der Waals surface area contributed by atoms with Crippen molar-refractivity contribution in [1.82, 2.24) is 4.98 Å². The van der Waals surface area contributed by atoms with Gasteiger partial charge >= 0.3 is 0 Å². The molecule has 100 valence electrons. The Morgan fingerprint density at radius 2 is 2.16 bits per heavy atom. The number of aromatic nitrogens is 1. The predicted octanol–water partition coefficient (Wildman–Crippen LogP) is 3.82. The van der Waals surface area contributed by atoms with Gasteiger partial charge in [0.1, 0.15) is 10.9 Å². The van der Waals surface area contributed by atoms with Gasteiger partial charge in [0.2, 0.25) is 0 Å². The Morgan fingerprint density at radius 3 is 2.89 bits per heavy atom. The molecule has 3 rings (SSSR count). The first-order valence-corrected chi connectivity index (χ1v) is 6.85. The van der Waals surface area contributed by atoms with E-state index in [0.717, 1.165) is 34.7 Å². The van der Waals surface area contributed by atoms with Crippen LogP contribution in [0.4, 0.5) is 0 Å². The second-order valence-electron chi connectivity index (χ2n) is 4.96. The number of methoxy groups -OCH3 is 1. The van der Waals surface area contributed by atoms with E-state index in [9.17, 15) is 0 Å². The zero-order valence-electron chi connectivity index (χ0n) is 10.9. The highest BCUT2D eigenvalue weighted by atomic mass is 35.5. The van der Waals surface area contributed by atoms with Crippen molar-refractivity contribution in [3.05, 3.63) is 35.0 Å². The molecule has 0 spiro atoms. The lowest BCUT2D eigenvalue weighted by molar-refractivity contribution is 0.111. The normalized spacial score (nSPS) is 14.8. The molecule has 0 atom stereocenters. The molecule has 1 heterocycles. The summed E-state index contributed by atoms with van der Waals surface area (Å²) in [6.07, 6.45) is 2.59. The van der Waals surface area contributed by atoms with Gasteiger partial charge in [0.05, 0.1) is 19.2 Å². The van der Waals surface area contributed by atoms with Crippen molar-refractivity contribution in [3.8, 4) is 5.75 Å². The summed E-state index contributed by atoms with van der Waals surface area (Å²) >= 11 is 6.20. The zero-order valence-corrected chi connectivity index (χ0v) is 11.6. The standard InChI is InChI=1S/C15H16ClNO2/c1-18-13-5-4-11-6-12(9-19-8-10-2-3-10)15(16)17-14(11)7-13/h4-7,10H,2-3,8-9H2,1H3. The van der Waals surface area contributed by atoms with Crippen LogP contribution in [0.2, 0.25) is 5.15 Å². The number of halogens is 1. The van der Waals surface area contributed by atoms with E-state index in [1.807, 2.05) is 24.3 Å². The van der Waals surface area contributed by atoms with Gasteiger partial charge in [0, 0.05) is 23.6 Å². The lowest BCUT2D eigenvalue weighted by atomic mass is 10.1. The molecule has 2 aromatic rings. The van der Waals surface area contributed by atoms with E-state index in [-0.39, 0.29) is 0 Å². The van der Waals surface area contributed by atoms with Crippen LogP contribution in [0.15, 0.2) is 24.3 Å². The lowest BCUT2D eigenvalue weighted by Crippen LogP contribution is -1.99. The fourth-order valence-corrected chi connectivity index (χ4v) is 2.22. The monoisotopic (exact) mass is 277 g/mol. The summed E-state index contributed by atoms with van der Waals surface area (Å²) in [5.41, 5.74) is 1.79. The fraction of sp³-hybridized carbons (Fsp3) is 0.400. The molecule has 0 N–H and O–H groups in total. The fourth-order valence-electron chi connectivity index (χ4n) is 2.02. The summed E-state index contributed by atoms with van der Waals surface area (Å²) in [5.74, 6) is 1.55. The second kappa shape index (κ2) is 5.35. The van der Waals surface area contributed by atoms with Crippen LogP contribution in [0.25, 0.3) is 10.9 Å². The number of rotatable bonds is 5. The number of benzene rings is 1. The molecule has 1 aliphatic rings. The van der Waals surface area contributed by atoms with Crippen molar-refractivity contribution in [2.24, 2.45) is 5.92 Å². The van der Waals surface area contributed by atoms with Crippen LogP contribution in [0, 0.1) is 5.92 Å². The Bertz CT molecular complexity index is 596. The highest BCUT2D eigenvalue weighted by molar-refractivity contribution is 6.30. The van der Waals surface area contributed by atoms with Gasteiger partial charge in [-0.15, -0.1) is 0 Å². The Balaban J connectivity index is 1.81. The van der Waals surface area contributed by atoms with Crippen molar-refractivity contribution < 1.29 is 9.47 Å². The largest absolute Gasteiger partial charge is 0.497 e. The van der Waals surface area contributed by atoms with Gasteiger partial charge in [-0.05, 0) is 37.0 Å². The van der Waals surface area contributed by atoms with Gasteiger partial charge < -0.3 is 9.47 Å². The quantitative estimate of drug-likeness (QED) is 0.779. The molecule has 1 saturated carbocycles. The minimum Gasteiger partial charge on any atom is -0.497 e. The zero-order chi connectivity index (χ0) is 13.2. The molecule has 1 aromatic heterocycles. The first kappa shape index (κ1) is 12.7. The molecule has 0 aliphatic heterocycles. The van der Waals surface area contributed by atoms with Crippen LogP contribution in [0.5, 0.6) is 5.75 Å². The molecule has 1 aliphatic carbocycles. The molecular weight excluding hydrogens is 262 g/mol. The third-order valence-corrected chi connectivity index (χ3v) is 3.69. The minimum absolute atomic E-state index is 0.511. The molecule has 0 amide bonds. The maximum Gasteiger partial charge on any atom is 0.135 e. The number of pyridine rings is 1. The Hall–Kier alpha value is -1.32. The van der Waals surface area contributed by atoms with Crippen LogP contribution in [-0.2, 0) is 11.3 Å². The maximum absolute atomic E-state index is 6.20. The van der Waals surface area contributed by atoms with Gasteiger partial charge in [0.25, 0.3) is 0 Å². The van der Waals surface area contributed by atoms with Gasteiger partial charge in [-0.2, -0.15) is 0 Å². The van der Waals surface area contributed by atoms with E-state index < -0.39 is 0 Å². The molecular formula is C15H16ClNO2. The molecule has 0 bridgehead atoms. The summed E-state index contributed by atoms with van der Waals surface area (Å²) < 4.78 is 10.9. The third-order valence-electron chi connectivity index (χ3n) is 3.36.